The minimum absolute atomic E-state index is 0.0364. The zero-order chi connectivity index (χ0) is 17.3. The highest BCUT2D eigenvalue weighted by molar-refractivity contribution is 5.99. The van der Waals surface area contributed by atoms with Gasteiger partial charge in [0.15, 0.2) is 0 Å². The molecule has 1 aliphatic carbocycles. The van der Waals surface area contributed by atoms with E-state index in [0.29, 0.717) is 11.1 Å². The highest BCUT2D eigenvalue weighted by Crippen LogP contribution is 2.48. The molecule has 0 aromatic heterocycles. The summed E-state index contributed by atoms with van der Waals surface area (Å²) in [4.78, 5) is 6.68. The molecule has 0 bridgehead atoms. The predicted octanol–water partition coefficient (Wildman–Crippen LogP) is 4.63. The average Bonchev–Trinajstić information content (AvgIpc) is 2.94. The number of nitriles is 2. The van der Waals surface area contributed by atoms with Gasteiger partial charge in [0.05, 0.1) is 25.3 Å². The Kier molecular flexibility index (Phi) is 4.05. The number of hydrogen-bond donors (Lipinski definition) is 0. The molecule has 0 spiro atoms. The zero-order valence-electron chi connectivity index (χ0n) is 13.5. The van der Waals surface area contributed by atoms with Gasteiger partial charge in [0.2, 0.25) is 0 Å². The lowest BCUT2D eigenvalue weighted by atomic mass is 9.88. The number of allylic oxidation sites excluding steroid dienone is 4. The molecule has 0 atom stereocenters. The number of benzene rings is 1. The first-order chi connectivity index (χ1) is 10.9. The van der Waals surface area contributed by atoms with E-state index >= 15 is 0 Å². The summed E-state index contributed by atoms with van der Waals surface area (Å²) in [6.45, 7) is 22.5. The predicted molar refractivity (Wildman–Crippen MR) is 88.3 cm³/mol. The molecule has 1 aromatic carbocycles. The SMILES string of the molecule is [C-]#[N+]C(C#N)=C1CC(=C(C#N)[N+]#[C-])c2c(C)c(C)c(C)c(C)c21. The molecule has 0 heterocycles. The summed E-state index contributed by atoms with van der Waals surface area (Å²) in [5.74, 6) is 0. The normalized spacial score (nSPS) is 16.5. The van der Waals surface area contributed by atoms with Gasteiger partial charge in [0.1, 0.15) is 0 Å². The Labute approximate surface area is 136 Å². The third-order valence-electron chi connectivity index (χ3n) is 4.65. The van der Waals surface area contributed by atoms with Gasteiger partial charge < -0.3 is 0 Å². The van der Waals surface area contributed by atoms with Crippen molar-refractivity contribution in [3.05, 3.63) is 67.6 Å². The van der Waals surface area contributed by atoms with E-state index in [1.807, 2.05) is 39.8 Å². The van der Waals surface area contributed by atoms with Crippen molar-refractivity contribution in [2.45, 2.75) is 34.1 Å². The summed E-state index contributed by atoms with van der Waals surface area (Å²) in [6, 6.07) is 3.91. The molecule has 1 aromatic rings. The standard InChI is InChI=1S/C19H14N4/c1-10-11(2)13(4)19-15(17(9-21)23-6)7-14(16(8-20)22-5)18(19)12(10)3/h7H2,1-4H3. The van der Waals surface area contributed by atoms with E-state index in [4.69, 9.17) is 13.1 Å². The monoisotopic (exact) mass is 298 g/mol. The van der Waals surface area contributed by atoms with Crippen LogP contribution in [-0.2, 0) is 0 Å². The Hall–Kier alpha value is -3.34. The highest BCUT2D eigenvalue weighted by atomic mass is 14.7. The van der Waals surface area contributed by atoms with Gasteiger partial charge in [-0.05, 0) is 78.6 Å². The van der Waals surface area contributed by atoms with E-state index in [1.165, 1.54) is 0 Å². The van der Waals surface area contributed by atoms with Crippen LogP contribution in [0.3, 0.4) is 0 Å². The molecule has 4 heteroatoms. The number of fused-ring (bicyclic) bond motifs is 1. The molecule has 0 radical (unpaired) electrons. The van der Waals surface area contributed by atoms with Gasteiger partial charge in [0, 0.05) is 0 Å². The molecule has 0 unspecified atom stereocenters. The van der Waals surface area contributed by atoms with Crippen LogP contribution >= 0.6 is 0 Å². The molecule has 23 heavy (non-hydrogen) atoms. The topological polar surface area (TPSA) is 56.3 Å². The van der Waals surface area contributed by atoms with Crippen LogP contribution in [0, 0.1) is 63.5 Å². The third-order valence-corrected chi connectivity index (χ3v) is 4.65. The van der Waals surface area contributed by atoms with E-state index in [1.54, 1.807) is 0 Å². The van der Waals surface area contributed by atoms with Crippen LogP contribution in [0.1, 0.15) is 39.8 Å². The van der Waals surface area contributed by atoms with Crippen molar-refractivity contribution in [3.63, 3.8) is 0 Å². The molecule has 4 nitrogen and oxygen atoms in total. The van der Waals surface area contributed by atoms with Crippen molar-refractivity contribution in [3.8, 4) is 12.1 Å². The van der Waals surface area contributed by atoms with Crippen LogP contribution in [0.2, 0.25) is 0 Å². The van der Waals surface area contributed by atoms with Crippen molar-refractivity contribution in [1.29, 1.82) is 10.5 Å². The van der Waals surface area contributed by atoms with Crippen LogP contribution in [0.15, 0.2) is 11.4 Å². The fourth-order valence-corrected chi connectivity index (χ4v) is 3.14. The van der Waals surface area contributed by atoms with Crippen LogP contribution in [0.25, 0.3) is 20.8 Å². The lowest BCUT2D eigenvalue weighted by Crippen LogP contribution is -2.00. The minimum Gasteiger partial charge on any atom is -0.226 e. The first kappa shape index (κ1) is 16.0. The molecular formula is C19H14N4. The third kappa shape index (κ3) is 2.19. The summed E-state index contributed by atoms with van der Waals surface area (Å²) in [5.41, 5.74) is 7.28. The lowest BCUT2D eigenvalue weighted by molar-refractivity contribution is 1.20. The van der Waals surface area contributed by atoms with E-state index in [9.17, 15) is 10.5 Å². The molecular weight excluding hydrogens is 284 g/mol. The quantitative estimate of drug-likeness (QED) is 0.518. The minimum atomic E-state index is 0.0364. The Morgan fingerprint density at radius 1 is 0.783 bits per heavy atom. The summed E-state index contributed by atoms with van der Waals surface area (Å²) < 4.78 is 0. The number of nitrogens with zero attached hydrogens (tertiary/aromatic N) is 4. The van der Waals surface area contributed by atoms with Crippen molar-refractivity contribution >= 4 is 11.1 Å². The molecule has 0 amide bonds. The first-order valence-corrected chi connectivity index (χ1v) is 7.05. The van der Waals surface area contributed by atoms with E-state index in [2.05, 4.69) is 9.69 Å². The lowest BCUT2D eigenvalue weighted by Gasteiger charge is -2.17. The Bertz CT molecular complexity index is 850. The Morgan fingerprint density at radius 3 is 1.39 bits per heavy atom. The number of rotatable bonds is 0. The molecule has 0 saturated carbocycles. The van der Waals surface area contributed by atoms with E-state index < -0.39 is 0 Å². The molecule has 0 saturated heterocycles. The van der Waals surface area contributed by atoms with Crippen LogP contribution < -0.4 is 0 Å². The summed E-state index contributed by atoms with van der Waals surface area (Å²) in [6.07, 6.45) is 0.288. The molecule has 0 fully saturated rings. The summed E-state index contributed by atoms with van der Waals surface area (Å²) in [7, 11) is 0. The smallest absolute Gasteiger partial charge is 0.226 e. The fourth-order valence-electron chi connectivity index (χ4n) is 3.14. The van der Waals surface area contributed by atoms with Crippen molar-refractivity contribution in [2.24, 2.45) is 0 Å². The molecule has 0 N–H and O–H groups in total. The van der Waals surface area contributed by atoms with Crippen LogP contribution in [0.5, 0.6) is 0 Å². The van der Waals surface area contributed by atoms with Crippen molar-refractivity contribution in [1.82, 2.24) is 0 Å². The van der Waals surface area contributed by atoms with Crippen LogP contribution in [-0.4, -0.2) is 0 Å². The van der Waals surface area contributed by atoms with E-state index in [-0.39, 0.29) is 17.8 Å². The van der Waals surface area contributed by atoms with Crippen LogP contribution in [0.4, 0.5) is 0 Å². The van der Waals surface area contributed by atoms with E-state index in [0.717, 1.165) is 33.4 Å². The van der Waals surface area contributed by atoms with Gasteiger partial charge in [-0.1, -0.05) is 0 Å². The van der Waals surface area contributed by atoms with Gasteiger partial charge in [-0.25, -0.2) is 20.2 Å². The van der Waals surface area contributed by atoms with Crippen molar-refractivity contribution in [2.75, 3.05) is 0 Å². The van der Waals surface area contributed by atoms with Crippen molar-refractivity contribution < 1.29 is 0 Å². The zero-order valence-corrected chi connectivity index (χ0v) is 13.5. The molecule has 1 aliphatic rings. The first-order valence-electron chi connectivity index (χ1n) is 7.05. The van der Waals surface area contributed by atoms with Gasteiger partial charge in [-0.3, -0.25) is 0 Å². The molecule has 0 aliphatic heterocycles. The Morgan fingerprint density at radius 2 is 1.13 bits per heavy atom. The summed E-state index contributed by atoms with van der Waals surface area (Å²) >= 11 is 0. The second-order valence-electron chi connectivity index (χ2n) is 5.53. The summed E-state index contributed by atoms with van der Waals surface area (Å²) in [5, 5.41) is 18.5. The second-order valence-corrected chi connectivity index (χ2v) is 5.53. The van der Waals surface area contributed by atoms with Gasteiger partial charge in [-0.15, -0.1) is 0 Å². The largest absolute Gasteiger partial charge is 0.265 e. The highest BCUT2D eigenvalue weighted by Gasteiger charge is 2.31. The fraction of sp³-hybridized carbons (Fsp3) is 0.263. The van der Waals surface area contributed by atoms with Gasteiger partial charge >= 0.3 is 0 Å². The maximum absolute atomic E-state index is 9.27. The average molecular weight is 298 g/mol. The molecule has 2 rings (SSSR count). The number of hydrogen-bond acceptors (Lipinski definition) is 2. The molecule has 110 valence electrons. The van der Waals surface area contributed by atoms with Gasteiger partial charge in [0.25, 0.3) is 11.4 Å². The van der Waals surface area contributed by atoms with Gasteiger partial charge in [-0.2, -0.15) is 0 Å². The maximum atomic E-state index is 9.27. The second kappa shape index (κ2) is 5.81. The maximum Gasteiger partial charge on any atom is 0.265 e. The Balaban J connectivity index is 3.11.